The minimum Gasteiger partial charge on any atom is -0.542 e. The number of carboxylic acids is 1. The van der Waals surface area contributed by atoms with Gasteiger partial charge in [0.1, 0.15) is 5.97 Å². The summed E-state index contributed by atoms with van der Waals surface area (Å²) in [5, 5.41) is 8.78. The Bertz CT molecular complexity index is 230. The van der Waals surface area contributed by atoms with Crippen molar-refractivity contribution in [3.63, 3.8) is 0 Å². The van der Waals surface area contributed by atoms with Crippen molar-refractivity contribution < 1.29 is 38.3 Å². The van der Waals surface area contributed by atoms with E-state index in [1.54, 1.807) is 0 Å². The van der Waals surface area contributed by atoms with Crippen LogP contribution in [0, 0.1) is 0 Å². The summed E-state index contributed by atoms with van der Waals surface area (Å²) >= 11 is 0. The fourth-order valence-electron chi connectivity index (χ4n) is 1.24. The molecule has 3 N–H and O–H groups in total. The molecule has 0 aromatic carbocycles. The van der Waals surface area contributed by atoms with E-state index in [1.165, 1.54) is 19.3 Å². The summed E-state index contributed by atoms with van der Waals surface area (Å²) in [6.45, 7) is 2.60. The molecule has 0 radical (unpaired) electrons. The second kappa shape index (κ2) is 9.12. The maximum absolute atomic E-state index is 10.5. The van der Waals surface area contributed by atoms with Crippen molar-refractivity contribution in [3.05, 3.63) is 0 Å². The number of ether oxygens (including phenoxy) is 2. The van der Waals surface area contributed by atoms with Gasteiger partial charge in [0.05, 0.1) is 19.8 Å². The summed E-state index contributed by atoms with van der Waals surface area (Å²) in [7, 11) is 0. The van der Waals surface area contributed by atoms with Crippen molar-refractivity contribution in [1.29, 1.82) is 0 Å². The van der Waals surface area contributed by atoms with Crippen molar-refractivity contribution in [2.75, 3.05) is 19.8 Å². The van der Waals surface area contributed by atoms with Crippen LogP contribution in [0.5, 0.6) is 0 Å². The summed E-state index contributed by atoms with van der Waals surface area (Å²) in [5.41, 5.74) is 3.79. The third-order valence-electron chi connectivity index (χ3n) is 2.11. The Labute approximate surface area is 103 Å². The summed E-state index contributed by atoms with van der Waals surface area (Å²) in [5.74, 6) is -3.01. The Hall–Kier alpha value is -0.860. The second-order valence-electron chi connectivity index (χ2n) is 3.66. The molecule has 1 rings (SSSR count). The molecule has 18 heavy (non-hydrogen) atoms. The number of unbranched alkanes of at least 4 members (excludes halogenated alkanes) is 2. The lowest BCUT2D eigenvalue weighted by Crippen LogP contribution is -2.50. The molecule has 1 aliphatic rings. The number of halogens is 3. The van der Waals surface area contributed by atoms with E-state index in [9.17, 15) is 13.2 Å². The van der Waals surface area contributed by atoms with E-state index in [0.717, 1.165) is 26.2 Å². The number of alkyl halides is 3. The molecule has 0 aromatic heterocycles. The average molecular weight is 273 g/mol. The molecule has 5 nitrogen and oxygen atoms in total. The standard InChI is InChI=1S/C8H17NO2.C2HF3O2/c9-5-3-1-2-4-8-10-6-7-11-8;3-2(4,5)1(6)7/h8H,1-7,9H2;(H,6,7). The van der Waals surface area contributed by atoms with Crippen LogP contribution in [-0.2, 0) is 14.3 Å². The van der Waals surface area contributed by atoms with Crippen LogP contribution in [-0.4, -0.2) is 38.2 Å². The lowest BCUT2D eigenvalue weighted by atomic mass is 10.2. The normalized spacial score (nSPS) is 16.2. The highest BCUT2D eigenvalue weighted by atomic mass is 19.4. The molecule has 1 saturated heterocycles. The number of carboxylic acid groups (broad SMARTS) is 1. The Morgan fingerprint density at radius 2 is 1.72 bits per heavy atom. The molecule has 1 heterocycles. The van der Waals surface area contributed by atoms with Gasteiger partial charge in [-0.25, -0.2) is 0 Å². The Morgan fingerprint density at radius 3 is 2.11 bits per heavy atom. The van der Waals surface area contributed by atoms with Gasteiger partial charge < -0.3 is 25.1 Å². The smallest absolute Gasteiger partial charge is 0.430 e. The number of carbonyl (C=O) groups excluding carboxylic acids is 1. The molecule has 108 valence electrons. The minimum absolute atomic E-state index is 0.0971. The second-order valence-corrected chi connectivity index (χ2v) is 3.66. The highest BCUT2D eigenvalue weighted by Gasteiger charge is 2.28. The SMILES string of the molecule is O=C([O-])C(F)(F)F.[NH3+]CCCCCC1OCCO1. The molecule has 0 aromatic rings. The zero-order valence-electron chi connectivity index (χ0n) is 10.0. The monoisotopic (exact) mass is 273 g/mol. The molecule has 0 saturated carbocycles. The fraction of sp³-hybridized carbons (Fsp3) is 0.900. The molecule has 0 bridgehead atoms. The molecule has 0 amide bonds. The van der Waals surface area contributed by atoms with E-state index in [0.29, 0.717) is 0 Å². The van der Waals surface area contributed by atoms with Crippen LogP contribution in [0.1, 0.15) is 25.7 Å². The highest BCUT2D eigenvalue weighted by molar-refractivity contribution is 5.70. The van der Waals surface area contributed by atoms with Crippen LogP contribution in [0.25, 0.3) is 0 Å². The van der Waals surface area contributed by atoms with E-state index in [-0.39, 0.29) is 6.29 Å². The van der Waals surface area contributed by atoms with Crippen molar-refractivity contribution >= 4 is 5.97 Å². The van der Waals surface area contributed by atoms with Gasteiger partial charge in [-0.3, -0.25) is 0 Å². The van der Waals surface area contributed by atoms with Gasteiger partial charge in [-0.1, -0.05) is 0 Å². The predicted molar refractivity (Wildman–Crippen MR) is 53.0 cm³/mol. The molecule has 0 unspecified atom stereocenters. The maximum Gasteiger partial charge on any atom is 0.430 e. The van der Waals surface area contributed by atoms with Crippen LogP contribution in [0.2, 0.25) is 0 Å². The van der Waals surface area contributed by atoms with Crippen LogP contribution in [0.15, 0.2) is 0 Å². The van der Waals surface area contributed by atoms with Gasteiger partial charge in [0.25, 0.3) is 0 Å². The van der Waals surface area contributed by atoms with Crippen molar-refractivity contribution in [3.8, 4) is 0 Å². The zero-order valence-corrected chi connectivity index (χ0v) is 10.0. The third kappa shape index (κ3) is 9.20. The summed E-state index contributed by atoms with van der Waals surface area (Å²) in [6.07, 6.45) is -0.348. The molecule has 0 spiro atoms. The largest absolute Gasteiger partial charge is 0.542 e. The van der Waals surface area contributed by atoms with Gasteiger partial charge in [0.15, 0.2) is 6.29 Å². The first-order valence-corrected chi connectivity index (χ1v) is 5.68. The number of rotatable bonds is 5. The van der Waals surface area contributed by atoms with Crippen LogP contribution in [0.3, 0.4) is 0 Å². The molecule has 1 fully saturated rings. The van der Waals surface area contributed by atoms with Gasteiger partial charge in [-0.2, -0.15) is 13.2 Å². The highest BCUT2D eigenvalue weighted by Crippen LogP contribution is 2.12. The zero-order chi connectivity index (χ0) is 14.0. The molecular formula is C10H18F3NO4. The van der Waals surface area contributed by atoms with Gasteiger partial charge in [0.2, 0.25) is 0 Å². The summed E-state index contributed by atoms with van der Waals surface area (Å²) in [4.78, 5) is 8.78. The first-order chi connectivity index (χ1) is 8.38. The number of carbonyl (C=O) groups is 1. The van der Waals surface area contributed by atoms with Crippen molar-refractivity contribution in [1.82, 2.24) is 0 Å². The first-order valence-electron chi connectivity index (χ1n) is 5.68. The van der Waals surface area contributed by atoms with Crippen LogP contribution < -0.4 is 10.8 Å². The molecule has 8 heteroatoms. The number of hydrogen-bond donors (Lipinski definition) is 1. The lowest BCUT2D eigenvalue weighted by molar-refractivity contribution is -0.368. The van der Waals surface area contributed by atoms with E-state index >= 15 is 0 Å². The molecular weight excluding hydrogens is 255 g/mol. The topological polar surface area (TPSA) is 86.2 Å². The Balaban J connectivity index is 0.000000360. The van der Waals surface area contributed by atoms with E-state index in [4.69, 9.17) is 19.4 Å². The Kier molecular flexibility index (Phi) is 8.69. The Morgan fingerprint density at radius 1 is 1.22 bits per heavy atom. The summed E-state index contributed by atoms with van der Waals surface area (Å²) in [6, 6.07) is 0. The third-order valence-corrected chi connectivity index (χ3v) is 2.11. The maximum atomic E-state index is 10.5. The first kappa shape index (κ1) is 17.1. The lowest BCUT2D eigenvalue weighted by Gasteiger charge is -2.06. The fourth-order valence-corrected chi connectivity index (χ4v) is 1.24. The van der Waals surface area contributed by atoms with Gasteiger partial charge in [-0.15, -0.1) is 0 Å². The van der Waals surface area contributed by atoms with Gasteiger partial charge >= 0.3 is 6.18 Å². The van der Waals surface area contributed by atoms with Crippen molar-refractivity contribution in [2.45, 2.75) is 38.1 Å². The number of hydrogen-bond acceptors (Lipinski definition) is 4. The molecule has 0 aliphatic carbocycles. The van der Waals surface area contributed by atoms with Crippen LogP contribution >= 0.6 is 0 Å². The number of aliphatic carboxylic acids is 1. The van der Waals surface area contributed by atoms with E-state index < -0.39 is 12.1 Å². The van der Waals surface area contributed by atoms with Crippen LogP contribution in [0.4, 0.5) is 13.2 Å². The van der Waals surface area contributed by atoms with E-state index in [1.807, 2.05) is 0 Å². The molecule has 0 atom stereocenters. The van der Waals surface area contributed by atoms with Gasteiger partial charge in [0, 0.05) is 0 Å². The quantitative estimate of drug-likeness (QED) is 0.682. The van der Waals surface area contributed by atoms with Gasteiger partial charge in [-0.05, 0) is 25.7 Å². The predicted octanol–water partition coefficient (Wildman–Crippen LogP) is -0.540. The molecule has 1 aliphatic heterocycles. The minimum atomic E-state index is -5.19. The summed E-state index contributed by atoms with van der Waals surface area (Å²) < 4.78 is 42.1. The number of quaternary nitrogens is 1. The van der Waals surface area contributed by atoms with Crippen molar-refractivity contribution in [2.24, 2.45) is 0 Å². The van der Waals surface area contributed by atoms with E-state index in [2.05, 4.69) is 5.73 Å². The average Bonchev–Trinajstić information content (AvgIpc) is 2.77.